The summed E-state index contributed by atoms with van der Waals surface area (Å²) in [6.07, 6.45) is 0. The number of carbonyl (C=O) groups is 1. The van der Waals surface area contributed by atoms with E-state index in [1.165, 1.54) is 5.39 Å². The molecule has 0 saturated carbocycles. The van der Waals surface area contributed by atoms with Crippen LogP contribution in [0, 0.1) is 6.92 Å². The molecule has 3 aromatic carbocycles. The molecule has 0 atom stereocenters. The van der Waals surface area contributed by atoms with E-state index >= 15 is 0 Å². The van der Waals surface area contributed by atoms with Gasteiger partial charge in [-0.1, -0.05) is 54.6 Å². The van der Waals surface area contributed by atoms with Crippen molar-refractivity contribution in [2.24, 2.45) is 0 Å². The van der Waals surface area contributed by atoms with Crippen molar-refractivity contribution in [2.45, 2.75) is 13.8 Å². The third-order valence-corrected chi connectivity index (χ3v) is 3.78. The predicted octanol–water partition coefficient (Wildman–Crippen LogP) is 5.02. The highest BCUT2D eigenvalue weighted by Crippen LogP contribution is 2.33. The van der Waals surface area contributed by atoms with Crippen molar-refractivity contribution >= 4 is 16.6 Å². The Morgan fingerprint density at radius 2 is 1.45 bits per heavy atom. The molecule has 0 aliphatic rings. The molecule has 0 heterocycles. The van der Waals surface area contributed by atoms with Crippen molar-refractivity contribution in [2.75, 3.05) is 0 Å². The predicted molar refractivity (Wildman–Crippen MR) is 84.1 cm³/mol. The van der Waals surface area contributed by atoms with Crippen molar-refractivity contribution in [3.63, 3.8) is 0 Å². The Morgan fingerprint density at radius 3 is 2.10 bits per heavy atom. The van der Waals surface area contributed by atoms with Gasteiger partial charge < -0.3 is 0 Å². The molecule has 0 radical (unpaired) electrons. The second-order valence-corrected chi connectivity index (χ2v) is 5.06. The summed E-state index contributed by atoms with van der Waals surface area (Å²) in [6.45, 7) is 3.65. The Morgan fingerprint density at radius 1 is 0.850 bits per heavy atom. The molecule has 1 nitrogen and oxygen atoms in total. The molecule has 0 amide bonds. The molecule has 0 N–H and O–H groups in total. The number of benzene rings is 3. The van der Waals surface area contributed by atoms with Crippen LogP contribution >= 0.6 is 0 Å². The summed E-state index contributed by atoms with van der Waals surface area (Å²) >= 11 is 0. The third-order valence-electron chi connectivity index (χ3n) is 3.78. The Kier molecular flexibility index (Phi) is 3.11. The van der Waals surface area contributed by atoms with Crippen LogP contribution in [-0.4, -0.2) is 5.78 Å². The number of hydrogen-bond donors (Lipinski definition) is 0. The minimum atomic E-state index is 0.116. The highest BCUT2D eigenvalue weighted by Gasteiger charge is 2.12. The minimum absolute atomic E-state index is 0.116. The van der Waals surface area contributed by atoms with Crippen LogP contribution in [0.25, 0.3) is 21.9 Å². The molecule has 0 fully saturated rings. The van der Waals surface area contributed by atoms with Crippen molar-refractivity contribution in [3.05, 3.63) is 71.8 Å². The summed E-state index contributed by atoms with van der Waals surface area (Å²) in [5, 5.41) is 2.35. The van der Waals surface area contributed by atoms with Gasteiger partial charge in [0.05, 0.1) is 0 Å². The van der Waals surface area contributed by atoms with Crippen molar-refractivity contribution in [3.8, 4) is 11.1 Å². The fraction of sp³-hybridized carbons (Fsp3) is 0.105. The highest BCUT2D eigenvalue weighted by molar-refractivity contribution is 6.07. The van der Waals surface area contributed by atoms with Crippen LogP contribution < -0.4 is 0 Å². The number of aryl methyl sites for hydroxylation is 1. The Bertz CT molecular complexity index is 785. The van der Waals surface area contributed by atoms with Gasteiger partial charge in [-0.25, -0.2) is 0 Å². The van der Waals surface area contributed by atoms with Crippen molar-refractivity contribution < 1.29 is 4.79 Å². The van der Waals surface area contributed by atoms with E-state index in [2.05, 4.69) is 24.3 Å². The maximum absolute atomic E-state index is 11.9. The molecule has 98 valence electrons. The second-order valence-electron chi connectivity index (χ2n) is 5.06. The van der Waals surface area contributed by atoms with Crippen LogP contribution in [0.15, 0.2) is 60.7 Å². The quantitative estimate of drug-likeness (QED) is 0.591. The van der Waals surface area contributed by atoms with E-state index in [9.17, 15) is 4.79 Å². The minimum Gasteiger partial charge on any atom is -0.295 e. The molecular weight excluding hydrogens is 244 g/mol. The smallest absolute Gasteiger partial charge is 0.160 e. The Hall–Kier alpha value is -2.41. The summed E-state index contributed by atoms with van der Waals surface area (Å²) in [6, 6.07) is 20.5. The van der Waals surface area contributed by atoms with Gasteiger partial charge in [-0.3, -0.25) is 4.79 Å². The normalized spacial score (nSPS) is 10.7. The number of rotatable bonds is 2. The van der Waals surface area contributed by atoms with Crippen LogP contribution in [0.2, 0.25) is 0 Å². The van der Waals surface area contributed by atoms with Gasteiger partial charge in [-0.2, -0.15) is 0 Å². The average Bonchev–Trinajstić information content (AvgIpc) is 2.48. The zero-order valence-electron chi connectivity index (χ0n) is 11.7. The van der Waals surface area contributed by atoms with Gasteiger partial charge in [-0.05, 0) is 47.4 Å². The lowest BCUT2D eigenvalue weighted by atomic mass is 9.91. The van der Waals surface area contributed by atoms with E-state index < -0.39 is 0 Å². The van der Waals surface area contributed by atoms with Gasteiger partial charge in [0.25, 0.3) is 0 Å². The van der Waals surface area contributed by atoms with Crippen LogP contribution in [0.1, 0.15) is 22.8 Å². The van der Waals surface area contributed by atoms with Gasteiger partial charge in [0.1, 0.15) is 0 Å². The second kappa shape index (κ2) is 4.93. The first-order chi connectivity index (χ1) is 9.68. The number of hydrogen-bond acceptors (Lipinski definition) is 1. The molecule has 3 aromatic rings. The van der Waals surface area contributed by atoms with Gasteiger partial charge in [0.15, 0.2) is 5.78 Å². The number of carbonyl (C=O) groups excluding carboxylic acids is 1. The van der Waals surface area contributed by atoms with Crippen LogP contribution in [0.4, 0.5) is 0 Å². The molecule has 0 aromatic heterocycles. The van der Waals surface area contributed by atoms with E-state index in [1.807, 2.05) is 43.3 Å². The summed E-state index contributed by atoms with van der Waals surface area (Å²) in [4.78, 5) is 11.9. The topological polar surface area (TPSA) is 17.1 Å². The van der Waals surface area contributed by atoms with Gasteiger partial charge in [0.2, 0.25) is 0 Å². The molecule has 0 spiro atoms. The monoisotopic (exact) mass is 260 g/mol. The van der Waals surface area contributed by atoms with Crippen LogP contribution in [0.5, 0.6) is 0 Å². The zero-order chi connectivity index (χ0) is 14.1. The summed E-state index contributed by atoms with van der Waals surface area (Å²) in [7, 11) is 0. The van der Waals surface area contributed by atoms with Crippen LogP contribution in [-0.2, 0) is 0 Å². The SMILES string of the molecule is CC(=O)c1cc(-c2ccccc2)c2ccccc2c1C. The largest absolute Gasteiger partial charge is 0.295 e. The molecule has 3 rings (SSSR count). The molecule has 0 aliphatic carbocycles. The standard InChI is InChI=1S/C19H16O/c1-13-16-10-6-7-11-17(16)19(12-18(13)14(2)20)15-8-4-3-5-9-15/h3-12H,1-2H3. The Balaban J connectivity index is 2.42. The molecule has 1 heteroatoms. The number of fused-ring (bicyclic) bond motifs is 1. The first kappa shape index (κ1) is 12.6. The summed E-state index contributed by atoms with van der Waals surface area (Å²) in [5.41, 5.74) is 4.14. The fourth-order valence-electron chi connectivity index (χ4n) is 2.74. The molecule has 0 bridgehead atoms. The lowest BCUT2D eigenvalue weighted by Crippen LogP contribution is -1.98. The van der Waals surface area contributed by atoms with E-state index in [0.717, 1.165) is 27.6 Å². The third kappa shape index (κ3) is 2.01. The Labute approximate surface area is 118 Å². The van der Waals surface area contributed by atoms with Crippen LogP contribution in [0.3, 0.4) is 0 Å². The lowest BCUT2D eigenvalue weighted by molar-refractivity contribution is 0.101. The molecule has 0 saturated heterocycles. The highest BCUT2D eigenvalue weighted by atomic mass is 16.1. The first-order valence-corrected chi connectivity index (χ1v) is 6.77. The first-order valence-electron chi connectivity index (χ1n) is 6.77. The van der Waals surface area contributed by atoms with Gasteiger partial charge >= 0.3 is 0 Å². The van der Waals surface area contributed by atoms with Crippen molar-refractivity contribution in [1.29, 1.82) is 0 Å². The van der Waals surface area contributed by atoms with E-state index in [-0.39, 0.29) is 5.78 Å². The summed E-state index contributed by atoms with van der Waals surface area (Å²) < 4.78 is 0. The van der Waals surface area contributed by atoms with E-state index in [0.29, 0.717) is 0 Å². The molecule has 0 unspecified atom stereocenters. The number of ketones is 1. The molecular formula is C19H16O. The zero-order valence-corrected chi connectivity index (χ0v) is 11.7. The fourth-order valence-corrected chi connectivity index (χ4v) is 2.74. The van der Waals surface area contributed by atoms with E-state index in [4.69, 9.17) is 0 Å². The maximum atomic E-state index is 11.9. The van der Waals surface area contributed by atoms with E-state index in [1.54, 1.807) is 6.92 Å². The van der Waals surface area contributed by atoms with Crippen molar-refractivity contribution in [1.82, 2.24) is 0 Å². The molecule has 20 heavy (non-hydrogen) atoms. The molecule has 0 aliphatic heterocycles. The average molecular weight is 260 g/mol. The lowest BCUT2D eigenvalue weighted by Gasteiger charge is -2.13. The number of Topliss-reactive ketones (excluding diaryl/α,β-unsaturated/α-hetero) is 1. The van der Waals surface area contributed by atoms with Gasteiger partial charge in [0, 0.05) is 5.56 Å². The maximum Gasteiger partial charge on any atom is 0.160 e. The summed E-state index contributed by atoms with van der Waals surface area (Å²) in [5.74, 6) is 0.116. The van der Waals surface area contributed by atoms with Gasteiger partial charge in [-0.15, -0.1) is 0 Å².